The summed E-state index contributed by atoms with van der Waals surface area (Å²) in [7, 11) is -1.54. The lowest BCUT2D eigenvalue weighted by Crippen LogP contribution is -2.41. The van der Waals surface area contributed by atoms with Gasteiger partial charge in [-0.15, -0.1) is 0 Å². The summed E-state index contributed by atoms with van der Waals surface area (Å²) >= 11 is 0. The Balaban J connectivity index is 2.08. The molecule has 2 amide bonds. The Morgan fingerprint density at radius 3 is 2.50 bits per heavy atom. The SMILES string of the molecule is CCS(=O)(=O)CCN(C)C(=O)N[C@@H](c1ccccc1)c1ccco1. The number of hydrogen-bond donors (Lipinski definition) is 1. The van der Waals surface area contributed by atoms with Gasteiger partial charge in [0.15, 0.2) is 9.84 Å². The van der Waals surface area contributed by atoms with Gasteiger partial charge in [0, 0.05) is 19.3 Å². The maximum Gasteiger partial charge on any atom is 0.318 e. The third kappa shape index (κ3) is 4.86. The number of urea groups is 1. The lowest BCUT2D eigenvalue weighted by Gasteiger charge is -2.22. The van der Waals surface area contributed by atoms with Crippen molar-refractivity contribution in [2.24, 2.45) is 0 Å². The maximum absolute atomic E-state index is 12.4. The topological polar surface area (TPSA) is 79.6 Å². The van der Waals surface area contributed by atoms with Crippen LogP contribution in [0.5, 0.6) is 0 Å². The summed E-state index contributed by atoms with van der Waals surface area (Å²) in [6.45, 7) is 1.74. The predicted octanol–water partition coefficient (Wildman–Crippen LogP) is 2.45. The molecular formula is C17H22N2O4S. The fraction of sp³-hybridized carbons (Fsp3) is 0.353. The second-order valence-electron chi connectivity index (χ2n) is 5.47. The van der Waals surface area contributed by atoms with E-state index in [1.807, 2.05) is 30.3 Å². The minimum atomic E-state index is -3.11. The van der Waals surface area contributed by atoms with Crippen molar-refractivity contribution in [3.8, 4) is 0 Å². The molecule has 1 aromatic heterocycles. The highest BCUT2D eigenvalue weighted by Gasteiger charge is 2.21. The first-order valence-electron chi connectivity index (χ1n) is 7.73. The lowest BCUT2D eigenvalue weighted by molar-refractivity contribution is 0.207. The molecule has 1 heterocycles. The van der Waals surface area contributed by atoms with E-state index in [9.17, 15) is 13.2 Å². The molecule has 24 heavy (non-hydrogen) atoms. The van der Waals surface area contributed by atoms with Gasteiger partial charge < -0.3 is 14.6 Å². The number of carbonyl (C=O) groups is 1. The van der Waals surface area contributed by atoms with Crippen molar-refractivity contribution in [2.45, 2.75) is 13.0 Å². The van der Waals surface area contributed by atoms with Crippen LogP contribution >= 0.6 is 0 Å². The van der Waals surface area contributed by atoms with E-state index in [0.717, 1.165) is 5.56 Å². The number of furan rings is 1. The molecule has 2 rings (SSSR count). The first-order chi connectivity index (χ1) is 11.4. The van der Waals surface area contributed by atoms with Gasteiger partial charge >= 0.3 is 6.03 Å². The van der Waals surface area contributed by atoms with Crippen LogP contribution < -0.4 is 5.32 Å². The third-order valence-corrected chi connectivity index (χ3v) is 5.44. The van der Waals surface area contributed by atoms with Crippen LogP contribution in [0.15, 0.2) is 53.1 Å². The van der Waals surface area contributed by atoms with E-state index >= 15 is 0 Å². The largest absolute Gasteiger partial charge is 0.467 e. The van der Waals surface area contributed by atoms with Crippen LogP contribution in [0.4, 0.5) is 4.79 Å². The van der Waals surface area contributed by atoms with Gasteiger partial charge in [0.2, 0.25) is 0 Å². The maximum atomic E-state index is 12.4. The van der Waals surface area contributed by atoms with Crippen LogP contribution in [0.25, 0.3) is 0 Å². The molecule has 2 aromatic rings. The molecule has 0 spiro atoms. The molecule has 1 atom stereocenters. The molecule has 1 aromatic carbocycles. The highest BCUT2D eigenvalue weighted by atomic mass is 32.2. The standard InChI is InChI=1S/C17H22N2O4S/c1-3-24(21,22)13-11-19(2)17(20)18-16(15-10-7-12-23-15)14-8-5-4-6-9-14/h4-10,12,16H,3,11,13H2,1-2H3,(H,18,20)/t16-/m0/s1. The molecule has 0 aliphatic rings. The predicted molar refractivity (Wildman–Crippen MR) is 92.5 cm³/mol. The van der Waals surface area contributed by atoms with Gasteiger partial charge in [-0.05, 0) is 17.7 Å². The molecule has 0 aliphatic carbocycles. The van der Waals surface area contributed by atoms with Crippen LogP contribution in [-0.4, -0.2) is 44.4 Å². The first kappa shape index (κ1) is 18.1. The molecule has 1 N–H and O–H groups in total. The number of benzene rings is 1. The zero-order valence-electron chi connectivity index (χ0n) is 13.8. The summed E-state index contributed by atoms with van der Waals surface area (Å²) in [4.78, 5) is 13.8. The molecule has 0 aliphatic heterocycles. The van der Waals surface area contributed by atoms with Gasteiger partial charge in [-0.2, -0.15) is 0 Å². The monoisotopic (exact) mass is 350 g/mol. The average Bonchev–Trinajstić information content (AvgIpc) is 3.12. The van der Waals surface area contributed by atoms with Gasteiger partial charge in [0.1, 0.15) is 11.8 Å². The van der Waals surface area contributed by atoms with E-state index in [0.29, 0.717) is 5.76 Å². The van der Waals surface area contributed by atoms with Gasteiger partial charge in [-0.25, -0.2) is 13.2 Å². The molecule has 0 fully saturated rings. The number of sulfone groups is 1. The Bertz CT molecular complexity index is 742. The fourth-order valence-corrected chi connectivity index (χ4v) is 3.02. The third-order valence-electron chi connectivity index (χ3n) is 3.75. The number of hydrogen-bond acceptors (Lipinski definition) is 4. The van der Waals surface area contributed by atoms with Crippen molar-refractivity contribution >= 4 is 15.9 Å². The molecule has 6 nitrogen and oxygen atoms in total. The lowest BCUT2D eigenvalue weighted by atomic mass is 10.0. The van der Waals surface area contributed by atoms with Crippen LogP contribution in [-0.2, 0) is 9.84 Å². The van der Waals surface area contributed by atoms with Crippen molar-refractivity contribution in [3.05, 3.63) is 60.1 Å². The van der Waals surface area contributed by atoms with Crippen molar-refractivity contribution in [1.82, 2.24) is 10.2 Å². The zero-order chi connectivity index (χ0) is 17.6. The van der Waals surface area contributed by atoms with E-state index in [-0.39, 0.29) is 24.1 Å². The summed E-state index contributed by atoms with van der Waals surface area (Å²) in [6, 6.07) is 12.2. The van der Waals surface area contributed by atoms with Gasteiger partial charge in [0.05, 0.1) is 12.0 Å². The normalized spacial score (nSPS) is 12.6. The van der Waals surface area contributed by atoms with Crippen molar-refractivity contribution in [3.63, 3.8) is 0 Å². The summed E-state index contributed by atoms with van der Waals surface area (Å²) < 4.78 is 28.6. The highest BCUT2D eigenvalue weighted by Crippen LogP contribution is 2.22. The molecule has 130 valence electrons. The number of nitrogens with one attached hydrogen (secondary N) is 1. The molecule has 0 saturated heterocycles. The summed E-state index contributed by atoms with van der Waals surface area (Å²) in [5, 5.41) is 2.89. The fourth-order valence-electron chi connectivity index (χ4n) is 2.18. The molecule has 0 saturated carbocycles. The minimum Gasteiger partial charge on any atom is -0.467 e. The van der Waals surface area contributed by atoms with E-state index < -0.39 is 15.9 Å². The van der Waals surface area contributed by atoms with Gasteiger partial charge in [-0.3, -0.25) is 0 Å². The molecule has 7 heteroatoms. The van der Waals surface area contributed by atoms with Gasteiger partial charge in [-0.1, -0.05) is 37.3 Å². The first-order valence-corrected chi connectivity index (χ1v) is 9.55. The van der Waals surface area contributed by atoms with Gasteiger partial charge in [0.25, 0.3) is 0 Å². The van der Waals surface area contributed by atoms with Crippen molar-refractivity contribution in [1.29, 1.82) is 0 Å². The number of rotatable bonds is 7. The number of amides is 2. The Hall–Kier alpha value is -2.28. The van der Waals surface area contributed by atoms with E-state index in [2.05, 4.69) is 5.32 Å². The van der Waals surface area contributed by atoms with Crippen molar-refractivity contribution in [2.75, 3.05) is 25.1 Å². The van der Waals surface area contributed by atoms with Crippen LogP contribution in [0.1, 0.15) is 24.3 Å². The quantitative estimate of drug-likeness (QED) is 0.832. The second-order valence-corrected chi connectivity index (χ2v) is 7.94. The Morgan fingerprint density at radius 2 is 1.92 bits per heavy atom. The van der Waals surface area contributed by atoms with Crippen molar-refractivity contribution < 1.29 is 17.6 Å². The average molecular weight is 350 g/mol. The van der Waals surface area contributed by atoms with Crippen LogP contribution in [0.3, 0.4) is 0 Å². The summed E-state index contributed by atoms with van der Waals surface area (Å²) in [6.07, 6.45) is 1.55. The Labute approximate surface area is 142 Å². The second kappa shape index (κ2) is 8.01. The summed E-state index contributed by atoms with van der Waals surface area (Å²) in [5.74, 6) is 0.634. The minimum absolute atomic E-state index is 0.0514. The highest BCUT2D eigenvalue weighted by molar-refractivity contribution is 7.91. The molecule has 0 bridgehead atoms. The van der Waals surface area contributed by atoms with E-state index in [4.69, 9.17) is 4.42 Å². The van der Waals surface area contributed by atoms with E-state index in [1.165, 1.54) is 4.90 Å². The molecule has 0 unspecified atom stereocenters. The number of nitrogens with zero attached hydrogens (tertiary/aromatic N) is 1. The Kier molecular flexibility index (Phi) is 6.03. The smallest absolute Gasteiger partial charge is 0.318 e. The molecule has 0 radical (unpaired) electrons. The Morgan fingerprint density at radius 1 is 1.21 bits per heavy atom. The zero-order valence-corrected chi connectivity index (χ0v) is 14.6. The summed E-state index contributed by atoms with van der Waals surface area (Å²) in [5.41, 5.74) is 0.885. The van der Waals surface area contributed by atoms with Crippen LogP contribution in [0.2, 0.25) is 0 Å². The molecular weight excluding hydrogens is 328 g/mol. The number of carbonyl (C=O) groups excluding carboxylic acids is 1. The van der Waals surface area contributed by atoms with Crippen LogP contribution in [0, 0.1) is 0 Å². The van der Waals surface area contributed by atoms with E-state index in [1.54, 1.807) is 32.4 Å².